The van der Waals surface area contributed by atoms with Gasteiger partial charge in [0, 0.05) is 32.1 Å². The highest BCUT2D eigenvalue weighted by molar-refractivity contribution is 5.96. The van der Waals surface area contributed by atoms with Crippen LogP contribution < -0.4 is 10.1 Å². The van der Waals surface area contributed by atoms with E-state index >= 15 is 0 Å². The Hall–Kier alpha value is -2.86. The molecular weight excluding hydrogens is 334 g/mol. The molecule has 138 valence electrons. The third kappa shape index (κ3) is 6.22. The number of nitrogens with one attached hydrogen (secondary N) is 1. The molecule has 0 saturated carbocycles. The van der Waals surface area contributed by atoms with E-state index in [0.29, 0.717) is 24.5 Å². The monoisotopic (exact) mass is 357 g/mol. The SMILES string of the molecule is COCCCOc1ccc(C(=O)N[C@H](Cc2ccccc2)C(=O)O)cc1. The predicted molar refractivity (Wildman–Crippen MR) is 97.5 cm³/mol. The van der Waals surface area contributed by atoms with Crippen LogP contribution in [0.3, 0.4) is 0 Å². The van der Waals surface area contributed by atoms with Crippen molar-refractivity contribution in [1.29, 1.82) is 0 Å². The summed E-state index contributed by atoms with van der Waals surface area (Å²) in [6, 6.07) is 14.8. The van der Waals surface area contributed by atoms with E-state index in [0.717, 1.165) is 12.0 Å². The second kappa shape index (κ2) is 10.2. The number of rotatable bonds is 10. The van der Waals surface area contributed by atoms with Crippen molar-refractivity contribution in [3.05, 3.63) is 65.7 Å². The number of carboxylic acid groups (broad SMARTS) is 1. The lowest BCUT2D eigenvalue weighted by molar-refractivity contribution is -0.139. The molecule has 26 heavy (non-hydrogen) atoms. The molecule has 0 bridgehead atoms. The molecule has 2 aromatic carbocycles. The van der Waals surface area contributed by atoms with Crippen LogP contribution in [0.15, 0.2) is 54.6 Å². The molecule has 6 heteroatoms. The number of carboxylic acids is 1. The van der Waals surface area contributed by atoms with Crippen molar-refractivity contribution in [2.75, 3.05) is 20.3 Å². The highest BCUT2D eigenvalue weighted by atomic mass is 16.5. The van der Waals surface area contributed by atoms with Crippen LogP contribution in [0.4, 0.5) is 0 Å². The van der Waals surface area contributed by atoms with Gasteiger partial charge in [0.2, 0.25) is 0 Å². The molecule has 0 saturated heterocycles. The van der Waals surface area contributed by atoms with Crippen LogP contribution in [0.25, 0.3) is 0 Å². The summed E-state index contributed by atoms with van der Waals surface area (Å²) in [5.74, 6) is -0.851. The van der Waals surface area contributed by atoms with Crippen molar-refractivity contribution >= 4 is 11.9 Å². The van der Waals surface area contributed by atoms with E-state index in [2.05, 4.69) is 5.32 Å². The fourth-order valence-corrected chi connectivity index (χ4v) is 2.39. The first kappa shape index (κ1) is 19.5. The molecule has 2 rings (SSSR count). The lowest BCUT2D eigenvalue weighted by Crippen LogP contribution is -2.42. The third-order valence-electron chi connectivity index (χ3n) is 3.76. The van der Waals surface area contributed by atoms with Crippen LogP contribution in [0, 0.1) is 0 Å². The largest absolute Gasteiger partial charge is 0.494 e. The molecule has 0 aliphatic rings. The molecule has 0 radical (unpaired) electrons. The van der Waals surface area contributed by atoms with E-state index in [-0.39, 0.29) is 6.42 Å². The van der Waals surface area contributed by atoms with Crippen molar-refractivity contribution in [3.8, 4) is 5.75 Å². The fraction of sp³-hybridized carbons (Fsp3) is 0.300. The smallest absolute Gasteiger partial charge is 0.326 e. The van der Waals surface area contributed by atoms with E-state index in [4.69, 9.17) is 9.47 Å². The van der Waals surface area contributed by atoms with Crippen LogP contribution in [0.5, 0.6) is 5.75 Å². The number of methoxy groups -OCH3 is 1. The van der Waals surface area contributed by atoms with E-state index in [1.165, 1.54) is 0 Å². The van der Waals surface area contributed by atoms with Gasteiger partial charge in [0.05, 0.1) is 6.61 Å². The molecular formula is C20H23NO5. The molecule has 0 aromatic heterocycles. The maximum atomic E-state index is 12.3. The first-order valence-electron chi connectivity index (χ1n) is 8.39. The van der Waals surface area contributed by atoms with Gasteiger partial charge in [-0.3, -0.25) is 4.79 Å². The van der Waals surface area contributed by atoms with E-state index in [1.54, 1.807) is 31.4 Å². The zero-order valence-corrected chi connectivity index (χ0v) is 14.7. The predicted octanol–water partition coefficient (Wildman–Crippen LogP) is 2.53. The Morgan fingerprint density at radius 3 is 2.35 bits per heavy atom. The van der Waals surface area contributed by atoms with Gasteiger partial charge < -0.3 is 19.9 Å². The molecule has 6 nitrogen and oxygen atoms in total. The summed E-state index contributed by atoms with van der Waals surface area (Å²) < 4.78 is 10.5. The normalized spacial score (nSPS) is 11.6. The number of carbonyl (C=O) groups excluding carboxylic acids is 1. The van der Waals surface area contributed by atoms with Gasteiger partial charge in [-0.2, -0.15) is 0 Å². The topological polar surface area (TPSA) is 84.9 Å². The van der Waals surface area contributed by atoms with Crippen LogP contribution in [-0.4, -0.2) is 43.3 Å². The van der Waals surface area contributed by atoms with Crippen molar-refractivity contribution < 1.29 is 24.2 Å². The minimum absolute atomic E-state index is 0.225. The number of amides is 1. The zero-order chi connectivity index (χ0) is 18.8. The first-order chi connectivity index (χ1) is 12.6. The van der Waals surface area contributed by atoms with Gasteiger partial charge in [-0.05, 0) is 29.8 Å². The van der Waals surface area contributed by atoms with Crippen LogP contribution in [0.2, 0.25) is 0 Å². The Morgan fingerprint density at radius 1 is 1.04 bits per heavy atom. The van der Waals surface area contributed by atoms with Crippen molar-refractivity contribution in [2.45, 2.75) is 18.9 Å². The Morgan fingerprint density at radius 2 is 1.73 bits per heavy atom. The van der Waals surface area contributed by atoms with Gasteiger partial charge in [0.1, 0.15) is 11.8 Å². The quantitative estimate of drug-likeness (QED) is 0.638. The van der Waals surface area contributed by atoms with Crippen molar-refractivity contribution in [2.24, 2.45) is 0 Å². The van der Waals surface area contributed by atoms with E-state index in [9.17, 15) is 14.7 Å². The van der Waals surface area contributed by atoms with Crippen LogP contribution in [0.1, 0.15) is 22.3 Å². The second-order valence-electron chi connectivity index (χ2n) is 5.77. The van der Waals surface area contributed by atoms with Crippen LogP contribution >= 0.6 is 0 Å². The summed E-state index contributed by atoms with van der Waals surface area (Å²) in [7, 11) is 1.63. The molecule has 0 heterocycles. The van der Waals surface area contributed by atoms with E-state index in [1.807, 2.05) is 30.3 Å². The number of ether oxygens (including phenoxy) is 2. The van der Waals surface area contributed by atoms with Gasteiger partial charge in [0.15, 0.2) is 0 Å². The summed E-state index contributed by atoms with van der Waals surface area (Å²) in [5, 5.41) is 11.9. The fourth-order valence-electron chi connectivity index (χ4n) is 2.39. The van der Waals surface area contributed by atoms with E-state index < -0.39 is 17.9 Å². The van der Waals surface area contributed by atoms with Gasteiger partial charge in [-0.25, -0.2) is 4.79 Å². The van der Waals surface area contributed by atoms with Crippen molar-refractivity contribution in [1.82, 2.24) is 5.32 Å². The molecule has 1 amide bonds. The number of carbonyl (C=O) groups is 2. The standard InChI is InChI=1S/C20H23NO5/c1-25-12-5-13-26-17-10-8-16(9-11-17)19(22)21-18(20(23)24)14-15-6-3-2-4-7-15/h2-4,6-11,18H,5,12-14H2,1H3,(H,21,22)(H,23,24)/t18-/m1/s1. The average Bonchev–Trinajstić information content (AvgIpc) is 2.66. The minimum atomic E-state index is -1.07. The molecule has 0 fully saturated rings. The van der Waals surface area contributed by atoms with Gasteiger partial charge in [0.25, 0.3) is 5.91 Å². The summed E-state index contributed by atoms with van der Waals surface area (Å²) in [6.45, 7) is 1.15. The molecule has 2 aromatic rings. The maximum Gasteiger partial charge on any atom is 0.326 e. The average molecular weight is 357 g/mol. The summed E-state index contributed by atoms with van der Waals surface area (Å²) in [4.78, 5) is 23.8. The maximum absolute atomic E-state index is 12.3. The van der Waals surface area contributed by atoms with Crippen LogP contribution in [-0.2, 0) is 16.0 Å². The molecule has 0 aliphatic heterocycles. The lowest BCUT2D eigenvalue weighted by atomic mass is 10.1. The van der Waals surface area contributed by atoms with Gasteiger partial charge >= 0.3 is 5.97 Å². The summed E-state index contributed by atoms with van der Waals surface area (Å²) in [5.41, 5.74) is 1.23. The number of hydrogen-bond donors (Lipinski definition) is 2. The summed E-state index contributed by atoms with van der Waals surface area (Å²) in [6.07, 6.45) is 1.00. The Balaban J connectivity index is 1.93. The number of aliphatic carboxylic acids is 1. The minimum Gasteiger partial charge on any atom is -0.494 e. The third-order valence-corrected chi connectivity index (χ3v) is 3.76. The molecule has 0 aliphatic carbocycles. The van der Waals surface area contributed by atoms with Crippen molar-refractivity contribution in [3.63, 3.8) is 0 Å². The highest BCUT2D eigenvalue weighted by Crippen LogP contribution is 2.13. The Labute approximate surface area is 152 Å². The second-order valence-corrected chi connectivity index (χ2v) is 5.77. The Bertz CT molecular complexity index is 700. The van der Waals surface area contributed by atoms with Gasteiger partial charge in [-0.15, -0.1) is 0 Å². The van der Waals surface area contributed by atoms with Gasteiger partial charge in [-0.1, -0.05) is 30.3 Å². The lowest BCUT2D eigenvalue weighted by Gasteiger charge is -2.15. The highest BCUT2D eigenvalue weighted by Gasteiger charge is 2.21. The Kier molecular flexibility index (Phi) is 7.64. The summed E-state index contributed by atoms with van der Waals surface area (Å²) >= 11 is 0. The molecule has 1 atom stereocenters. The number of benzene rings is 2. The first-order valence-corrected chi connectivity index (χ1v) is 8.39. The number of hydrogen-bond acceptors (Lipinski definition) is 4. The molecule has 0 spiro atoms. The molecule has 0 unspecified atom stereocenters. The zero-order valence-electron chi connectivity index (χ0n) is 14.7. The molecule has 2 N–H and O–H groups in total.